The Balaban J connectivity index is 2.50. The molecule has 0 aromatic carbocycles. The van der Waals surface area contributed by atoms with Crippen LogP contribution < -0.4 is 0 Å². The van der Waals surface area contributed by atoms with Gasteiger partial charge in [-0.3, -0.25) is 0 Å². The molecule has 1 aliphatic carbocycles. The van der Waals surface area contributed by atoms with Crippen molar-refractivity contribution in [2.24, 2.45) is 11.8 Å². The van der Waals surface area contributed by atoms with Crippen LogP contribution in [-0.2, 0) is 0 Å². The van der Waals surface area contributed by atoms with E-state index in [1.807, 2.05) is 6.92 Å². The molecule has 0 heterocycles. The van der Waals surface area contributed by atoms with Gasteiger partial charge in [-0.05, 0) is 18.8 Å². The van der Waals surface area contributed by atoms with E-state index in [1.54, 1.807) is 0 Å². The van der Waals surface area contributed by atoms with Gasteiger partial charge in [0, 0.05) is 5.92 Å². The maximum atomic E-state index is 9.23. The zero-order chi connectivity index (χ0) is 8.43. The first-order valence-electron chi connectivity index (χ1n) is 4.19. The Morgan fingerprint density at radius 2 is 2.00 bits per heavy atom. The Hall–Kier alpha value is -0.120. The van der Waals surface area contributed by atoms with Crippen LogP contribution in [0.1, 0.15) is 26.2 Å². The zero-order valence-corrected chi connectivity index (χ0v) is 6.77. The maximum Gasteiger partial charge on any atom is 0.154 e. The first kappa shape index (κ1) is 8.97. The molecular weight excluding hydrogens is 144 g/mol. The highest BCUT2D eigenvalue weighted by Crippen LogP contribution is 2.35. The van der Waals surface area contributed by atoms with Crippen molar-refractivity contribution in [3.63, 3.8) is 0 Å². The van der Waals surface area contributed by atoms with E-state index in [0.29, 0.717) is 6.42 Å². The molecule has 0 bridgehead atoms. The molecule has 0 amide bonds. The normalized spacial score (nSPS) is 38.5. The van der Waals surface area contributed by atoms with E-state index in [4.69, 9.17) is 10.2 Å². The van der Waals surface area contributed by atoms with Crippen molar-refractivity contribution < 1.29 is 15.3 Å². The average Bonchev–Trinajstić information content (AvgIpc) is 2.30. The predicted molar refractivity (Wildman–Crippen MR) is 40.7 cm³/mol. The minimum absolute atomic E-state index is 0.116. The molecule has 3 nitrogen and oxygen atoms in total. The molecule has 1 fully saturated rings. The lowest BCUT2D eigenvalue weighted by Gasteiger charge is -2.18. The van der Waals surface area contributed by atoms with E-state index in [2.05, 4.69) is 0 Å². The highest BCUT2D eigenvalue weighted by atomic mass is 16.5. The van der Waals surface area contributed by atoms with Gasteiger partial charge in [-0.15, -0.1) is 0 Å². The third kappa shape index (κ3) is 1.92. The molecule has 66 valence electrons. The number of aliphatic hydroxyl groups excluding tert-OH is 2. The number of hydrogen-bond donors (Lipinski definition) is 3. The largest absolute Gasteiger partial charge is 0.393 e. The van der Waals surface area contributed by atoms with Crippen molar-refractivity contribution in [2.75, 3.05) is 0 Å². The first-order valence-corrected chi connectivity index (χ1v) is 4.19. The summed E-state index contributed by atoms with van der Waals surface area (Å²) in [6.07, 6.45) is 0.595. The van der Waals surface area contributed by atoms with E-state index < -0.39 is 6.29 Å². The van der Waals surface area contributed by atoms with Crippen LogP contribution in [0.15, 0.2) is 0 Å². The highest BCUT2D eigenvalue weighted by Gasteiger charge is 2.35. The summed E-state index contributed by atoms with van der Waals surface area (Å²) in [5.41, 5.74) is 0. The fraction of sp³-hybridized carbons (Fsp3) is 1.00. The Bertz CT molecular complexity index is 125. The van der Waals surface area contributed by atoms with Crippen LogP contribution >= 0.6 is 0 Å². The molecule has 0 spiro atoms. The first-order chi connectivity index (χ1) is 5.15. The van der Waals surface area contributed by atoms with Crippen LogP contribution in [0.25, 0.3) is 0 Å². The molecule has 0 aromatic heterocycles. The lowest BCUT2D eigenvalue weighted by molar-refractivity contribution is -0.0956. The van der Waals surface area contributed by atoms with Crippen LogP contribution in [0.3, 0.4) is 0 Å². The molecule has 3 atom stereocenters. The van der Waals surface area contributed by atoms with Crippen molar-refractivity contribution >= 4 is 0 Å². The van der Waals surface area contributed by atoms with Gasteiger partial charge in [0.2, 0.25) is 0 Å². The number of hydrogen-bond acceptors (Lipinski definition) is 3. The summed E-state index contributed by atoms with van der Waals surface area (Å²) < 4.78 is 0. The van der Waals surface area contributed by atoms with Gasteiger partial charge in [0.05, 0.1) is 6.10 Å². The Kier molecular flexibility index (Phi) is 2.87. The zero-order valence-electron chi connectivity index (χ0n) is 6.77. The molecule has 0 aromatic rings. The summed E-state index contributed by atoms with van der Waals surface area (Å²) in [5, 5.41) is 27.1. The lowest BCUT2D eigenvalue weighted by Crippen LogP contribution is -2.22. The monoisotopic (exact) mass is 160 g/mol. The van der Waals surface area contributed by atoms with Crippen LogP contribution in [0.5, 0.6) is 0 Å². The molecule has 0 aliphatic heterocycles. The van der Waals surface area contributed by atoms with Crippen molar-refractivity contribution in [3.8, 4) is 0 Å². The van der Waals surface area contributed by atoms with Crippen molar-refractivity contribution in [1.29, 1.82) is 0 Å². The molecule has 3 unspecified atom stereocenters. The topological polar surface area (TPSA) is 60.7 Å². The molecule has 3 heteroatoms. The van der Waals surface area contributed by atoms with E-state index in [-0.39, 0.29) is 17.9 Å². The summed E-state index contributed by atoms with van der Waals surface area (Å²) in [6.45, 7) is 2.01. The summed E-state index contributed by atoms with van der Waals surface area (Å²) in [4.78, 5) is 0. The smallest absolute Gasteiger partial charge is 0.154 e. The minimum atomic E-state index is -1.25. The van der Waals surface area contributed by atoms with Gasteiger partial charge < -0.3 is 15.3 Å². The van der Waals surface area contributed by atoms with Crippen LogP contribution in [-0.4, -0.2) is 27.7 Å². The van der Waals surface area contributed by atoms with E-state index in [0.717, 1.165) is 12.8 Å². The third-order valence-electron chi connectivity index (χ3n) is 2.63. The molecule has 1 saturated carbocycles. The molecular formula is C8H16O3. The highest BCUT2D eigenvalue weighted by molar-refractivity contribution is 4.83. The fourth-order valence-corrected chi connectivity index (χ4v) is 1.96. The molecule has 1 aliphatic rings. The second kappa shape index (κ2) is 3.52. The molecule has 0 radical (unpaired) electrons. The SMILES string of the molecule is CCC1CC(O)CC1C(O)O. The standard InChI is InChI=1S/C8H16O3/c1-2-5-3-6(9)4-7(5)8(10)11/h5-11H,2-4H2,1H3. The number of aliphatic hydroxyl groups is 3. The second-order valence-corrected chi connectivity index (χ2v) is 3.37. The minimum Gasteiger partial charge on any atom is -0.393 e. The van der Waals surface area contributed by atoms with Crippen molar-refractivity contribution in [2.45, 2.75) is 38.6 Å². The molecule has 3 N–H and O–H groups in total. The van der Waals surface area contributed by atoms with Crippen molar-refractivity contribution in [1.82, 2.24) is 0 Å². The van der Waals surface area contributed by atoms with Gasteiger partial charge in [-0.2, -0.15) is 0 Å². The molecule has 1 rings (SSSR count). The number of rotatable bonds is 2. The summed E-state index contributed by atoms with van der Waals surface area (Å²) >= 11 is 0. The maximum absolute atomic E-state index is 9.23. The Morgan fingerprint density at radius 1 is 1.36 bits per heavy atom. The molecule has 11 heavy (non-hydrogen) atoms. The summed E-state index contributed by atoms with van der Waals surface area (Å²) in [7, 11) is 0. The summed E-state index contributed by atoms with van der Waals surface area (Å²) in [6, 6.07) is 0. The Morgan fingerprint density at radius 3 is 2.36 bits per heavy atom. The fourth-order valence-electron chi connectivity index (χ4n) is 1.96. The average molecular weight is 160 g/mol. The third-order valence-corrected chi connectivity index (χ3v) is 2.63. The van der Waals surface area contributed by atoms with E-state index >= 15 is 0 Å². The predicted octanol–water partition coefficient (Wildman–Crippen LogP) is 0.0942. The van der Waals surface area contributed by atoms with Crippen molar-refractivity contribution in [3.05, 3.63) is 0 Å². The van der Waals surface area contributed by atoms with E-state index in [1.165, 1.54) is 0 Å². The van der Waals surface area contributed by atoms with Gasteiger partial charge in [-0.1, -0.05) is 13.3 Å². The summed E-state index contributed by atoms with van der Waals surface area (Å²) in [5.74, 6) is 0.167. The second-order valence-electron chi connectivity index (χ2n) is 3.37. The van der Waals surface area contributed by atoms with Gasteiger partial charge in [-0.25, -0.2) is 0 Å². The van der Waals surface area contributed by atoms with Crippen LogP contribution in [0.4, 0.5) is 0 Å². The Labute approximate surface area is 66.7 Å². The van der Waals surface area contributed by atoms with Gasteiger partial charge in [0.15, 0.2) is 6.29 Å². The van der Waals surface area contributed by atoms with Gasteiger partial charge in [0.25, 0.3) is 0 Å². The van der Waals surface area contributed by atoms with Crippen LogP contribution in [0, 0.1) is 11.8 Å². The molecule has 0 saturated heterocycles. The van der Waals surface area contributed by atoms with E-state index in [9.17, 15) is 5.11 Å². The van der Waals surface area contributed by atoms with Crippen LogP contribution in [0.2, 0.25) is 0 Å². The van der Waals surface area contributed by atoms with Gasteiger partial charge in [0.1, 0.15) is 0 Å². The lowest BCUT2D eigenvalue weighted by atomic mass is 9.93. The quantitative estimate of drug-likeness (QED) is 0.502. The van der Waals surface area contributed by atoms with Gasteiger partial charge >= 0.3 is 0 Å².